The molecule has 0 bridgehead atoms. The van der Waals surface area contributed by atoms with Gasteiger partial charge in [-0.25, -0.2) is 9.97 Å². The van der Waals surface area contributed by atoms with E-state index >= 15 is 0 Å². The fraction of sp³-hybridized carbons (Fsp3) is 0.182. The van der Waals surface area contributed by atoms with E-state index in [0.29, 0.717) is 5.95 Å². The van der Waals surface area contributed by atoms with Gasteiger partial charge in [0.25, 0.3) is 0 Å². The second-order valence-corrected chi connectivity index (χ2v) is 3.50. The lowest BCUT2D eigenvalue weighted by molar-refractivity contribution is 1.12. The van der Waals surface area contributed by atoms with E-state index in [1.807, 2.05) is 26.0 Å². The van der Waals surface area contributed by atoms with E-state index in [9.17, 15) is 0 Å². The van der Waals surface area contributed by atoms with Crippen molar-refractivity contribution in [3.8, 4) is 11.3 Å². The van der Waals surface area contributed by atoms with E-state index in [4.69, 9.17) is 5.73 Å². The molecule has 76 valence electrons. The number of rotatable bonds is 1. The van der Waals surface area contributed by atoms with Gasteiger partial charge in [-0.3, -0.25) is 4.98 Å². The molecule has 2 aromatic rings. The first-order valence-corrected chi connectivity index (χ1v) is 4.68. The maximum Gasteiger partial charge on any atom is 0.220 e. The van der Waals surface area contributed by atoms with Crippen molar-refractivity contribution in [3.63, 3.8) is 0 Å². The lowest BCUT2D eigenvalue weighted by Gasteiger charge is -2.03. The summed E-state index contributed by atoms with van der Waals surface area (Å²) in [6.07, 6.45) is 3.58. The maximum atomic E-state index is 5.59. The minimum Gasteiger partial charge on any atom is -0.368 e. The fourth-order valence-corrected chi connectivity index (χ4v) is 1.43. The third kappa shape index (κ3) is 2.10. The average molecular weight is 200 g/mol. The van der Waals surface area contributed by atoms with E-state index in [1.165, 1.54) is 0 Å². The summed E-state index contributed by atoms with van der Waals surface area (Å²) in [5, 5.41) is 0. The Kier molecular flexibility index (Phi) is 2.33. The van der Waals surface area contributed by atoms with Crippen molar-refractivity contribution in [1.82, 2.24) is 15.0 Å². The van der Waals surface area contributed by atoms with Gasteiger partial charge in [-0.2, -0.15) is 0 Å². The van der Waals surface area contributed by atoms with E-state index in [1.54, 1.807) is 12.4 Å². The van der Waals surface area contributed by atoms with Gasteiger partial charge < -0.3 is 5.73 Å². The first kappa shape index (κ1) is 9.58. The monoisotopic (exact) mass is 200 g/mol. The fourth-order valence-electron chi connectivity index (χ4n) is 1.43. The van der Waals surface area contributed by atoms with Gasteiger partial charge >= 0.3 is 0 Å². The minimum atomic E-state index is 0.298. The van der Waals surface area contributed by atoms with Gasteiger partial charge in [0, 0.05) is 23.7 Å². The molecule has 15 heavy (non-hydrogen) atoms. The largest absolute Gasteiger partial charge is 0.368 e. The van der Waals surface area contributed by atoms with Gasteiger partial charge in [-0.05, 0) is 31.5 Å². The molecule has 4 nitrogen and oxygen atoms in total. The topological polar surface area (TPSA) is 64.7 Å². The average Bonchev–Trinajstić information content (AvgIpc) is 2.16. The molecule has 0 aliphatic carbocycles. The number of aryl methyl sites for hydroxylation is 2. The summed E-state index contributed by atoms with van der Waals surface area (Å²) in [5.74, 6) is 0.298. The highest BCUT2D eigenvalue weighted by Crippen LogP contribution is 2.18. The third-order valence-corrected chi connectivity index (χ3v) is 2.04. The van der Waals surface area contributed by atoms with Crippen LogP contribution in [0.5, 0.6) is 0 Å². The summed E-state index contributed by atoms with van der Waals surface area (Å²) in [5.41, 5.74) is 9.33. The summed E-state index contributed by atoms with van der Waals surface area (Å²) < 4.78 is 0. The Labute approximate surface area is 88.2 Å². The zero-order valence-electron chi connectivity index (χ0n) is 8.73. The van der Waals surface area contributed by atoms with Crippen LogP contribution in [-0.2, 0) is 0 Å². The maximum absolute atomic E-state index is 5.59. The van der Waals surface area contributed by atoms with Crippen LogP contribution in [-0.4, -0.2) is 15.0 Å². The van der Waals surface area contributed by atoms with Crippen LogP contribution in [0, 0.1) is 13.8 Å². The number of pyridine rings is 1. The summed E-state index contributed by atoms with van der Waals surface area (Å²) >= 11 is 0. The van der Waals surface area contributed by atoms with Crippen LogP contribution >= 0.6 is 0 Å². The van der Waals surface area contributed by atoms with Gasteiger partial charge in [0.05, 0.1) is 5.69 Å². The standard InChI is InChI=1S/C11H12N4/c1-7-3-9(6-13-5-7)10-4-8(2)14-11(12)15-10/h3-6H,1-2H3,(H2,12,14,15). The van der Waals surface area contributed by atoms with Gasteiger partial charge in [-0.1, -0.05) is 0 Å². The molecule has 0 spiro atoms. The van der Waals surface area contributed by atoms with Gasteiger partial charge in [-0.15, -0.1) is 0 Å². The number of hydrogen-bond donors (Lipinski definition) is 1. The van der Waals surface area contributed by atoms with Crippen molar-refractivity contribution in [2.24, 2.45) is 0 Å². The van der Waals surface area contributed by atoms with Gasteiger partial charge in [0.15, 0.2) is 0 Å². The highest BCUT2D eigenvalue weighted by atomic mass is 15.0. The highest BCUT2D eigenvalue weighted by Gasteiger charge is 2.02. The molecular formula is C11H12N4. The van der Waals surface area contributed by atoms with Crippen molar-refractivity contribution < 1.29 is 0 Å². The number of aromatic nitrogens is 3. The van der Waals surface area contributed by atoms with E-state index < -0.39 is 0 Å². The molecule has 0 saturated heterocycles. The van der Waals surface area contributed by atoms with Crippen molar-refractivity contribution >= 4 is 5.95 Å². The Bertz CT molecular complexity index is 473. The van der Waals surface area contributed by atoms with Crippen molar-refractivity contribution in [2.75, 3.05) is 5.73 Å². The molecule has 2 rings (SSSR count). The van der Waals surface area contributed by atoms with E-state index in [2.05, 4.69) is 15.0 Å². The molecule has 2 heterocycles. The Morgan fingerprint density at radius 2 is 1.87 bits per heavy atom. The van der Waals surface area contributed by atoms with Crippen LogP contribution in [0.1, 0.15) is 11.3 Å². The van der Waals surface area contributed by atoms with Crippen LogP contribution in [0.25, 0.3) is 11.3 Å². The SMILES string of the molecule is Cc1cncc(-c2cc(C)nc(N)n2)c1. The van der Waals surface area contributed by atoms with Crippen molar-refractivity contribution in [2.45, 2.75) is 13.8 Å². The molecule has 0 aromatic carbocycles. The molecule has 2 N–H and O–H groups in total. The number of anilines is 1. The molecular weight excluding hydrogens is 188 g/mol. The molecule has 0 amide bonds. The summed E-state index contributed by atoms with van der Waals surface area (Å²) in [6, 6.07) is 3.92. The molecule has 2 aromatic heterocycles. The van der Waals surface area contributed by atoms with Crippen LogP contribution < -0.4 is 5.73 Å². The van der Waals surface area contributed by atoms with Crippen molar-refractivity contribution in [1.29, 1.82) is 0 Å². The summed E-state index contributed by atoms with van der Waals surface area (Å²) in [7, 11) is 0. The molecule has 0 fully saturated rings. The lowest BCUT2D eigenvalue weighted by atomic mass is 10.1. The second-order valence-electron chi connectivity index (χ2n) is 3.50. The molecule has 0 radical (unpaired) electrons. The van der Waals surface area contributed by atoms with Gasteiger partial charge in [0.2, 0.25) is 5.95 Å². The Morgan fingerprint density at radius 1 is 1.07 bits per heavy atom. The first-order chi connectivity index (χ1) is 7.15. The van der Waals surface area contributed by atoms with Crippen LogP contribution in [0.3, 0.4) is 0 Å². The highest BCUT2D eigenvalue weighted by molar-refractivity contribution is 5.59. The predicted molar refractivity (Wildman–Crippen MR) is 59.1 cm³/mol. The number of nitrogens with zero attached hydrogens (tertiary/aromatic N) is 3. The Balaban J connectivity index is 2.54. The summed E-state index contributed by atoms with van der Waals surface area (Å²) in [6.45, 7) is 3.89. The number of nitrogen functional groups attached to an aromatic ring is 1. The second kappa shape index (κ2) is 3.65. The molecule has 0 saturated carbocycles. The molecule has 0 atom stereocenters. The van der Waals surface area contributed by atoms with Crippen LogP contribution in [0.2, 0.25) is 0 Å². The summed E-state index contributed by atoms with van der Waals surface area (Å²) in [4.78, 5) is 12.3. The quantitative estimate of drug-likeness (QED) is 0.761. The van der Waals surface area contributed by atoms with E-state index in [-0.39, 0.29) is 0 Å². The first-order valence-electron chi connectivity index (χ1n) is 4.68. The molecule has 0 aliphatic rings. The molecule has 4 heteroatoms. The normalized spacial score (nSPS) is 10.3. The van der Waals surface area contributed by atoms with Crippen LogP contribution in [0.15, 0.2) is 24.5 Å². The Morgan fingerprint density at radius 3 is 2.53 bits per heavy atom. The van der Waals surface area contributed by atoms with Crippen LogP contribution in [0.4, 0.5) is 5.95 Å². The molecule has 0 unspecified atom stereocenters. The zero-order valence-corrected chi connectivity index (χ0v) is 8.73. The van der Waals surface area contributed by atoms with E-state index in [0.717, 1.165) is 22.5 Å². The Hall–Kier alpha value is -1.97. The third-order valence-electron chi connectivity index (χ3n) is 2.04. The predicted octanol–water partition coefficient (Wildman–Crippen LogP) is 1.74. The lowest BCUT2D eigenvalue weighted by Crippen LogP contribution is -1.98. The van der Waals surface area contributed by atoms with Crippen molar-refractivity contribution in [3.05, 3.63) is 35.8 Å². The van der Waals surface area contributed by atoms with Gasteiger partial charge in [0.1, 0.15) is 0 Å². The minimum absolute atomic E-state index is 0.298. The number of nitrogens with two attached hydrogens (primary N) is 1. The molecule has 0 aliphatic heterocycles. The zero-order chi connectivity index (χ0) is 10.8. The number of hydrogen-bond acceptors (Lipinski definition) is 4. The smallest absolute Gasteiger partial charge is 0.220 e.